The third kappa shape index (κ3) is 2.10. The van der Waals surface area contributed by atoms with Crippen molar-refractivity contribution in [2.24, 2.45) is 0 Å². The lowest BCUT2D eigenvalue weighted by Crippen LogP contribution is -2.19. The third-order valence-corrected chi connectivity index (χ3v) is 3.86. The maximum atomic E-state index is 6.11. The molecule has 2 aromatic rings. The Bertz CT molecular complexity index is 582. The summed E-state index contributed by atoms with van der Waals surface area (Å²) in [6.07, 6.45) is 5.41. The Hall–Kier alpha value is -1.55. The molecule has 1 saturated heterocycles. The molecule has 0 amide bonds. The highest BCUT2D eigenvalue weighted by Crippen LogP contribution is 2.33. The van der Waals surface area contributed by atoms with Gasteiger partial charge in [-0.1, -0.05) is 13.8 Å². The predicted molar refractivity (Wildman–Crippen MR) is 77.1 cm³/mol. The fourth-order valence-corrected chi connectivity index (χ4v) is 2.95. The molecule has 2 heterocycles. The maximum Gasteiger partial charge on any atom is 0.150 e. The number of nitrogens with zero attached hydrogens (tertiary/aromatic N) is 2. The summed E-state index contributed by atoms with van der Waals surface area (Å²) in [4.78, 5) is 0. The van der Waals surface area contributed by atoms with Gasteiger partial charge in [-0.3, -0.25) is 0 Å². The van der Waals surface area contributed by atoms with E-state index in [1.807, 2.05) is 16.9 Å². The van der Waals surface area contributed by atoms with Crippen molar-refractivity contribution in [3.05, 3.63) is 23.9 Å². The van der Waals surface area contributed by atoms with E-state index in [1.54, 1.807) is 0 Å². The van der Waals surface area contributed by atoms with E-state index in [-0.39, 0.29) is 6.23 Å². The van der Waals surface area contributed by atoms with Crippen LogP contribution in [-0.2, 0) is 4.74 Å². The highest BCUT2D eigenvalue weighted by atomic mass is 16.5. The normalized spacial score (nSPS) is 20.3. The van der Waals surface area contributed by atoms with Crippen LogP contribution in [0.15, 0.2) is 18.3 Å². The van der Waals surface area contributed by atoms with Crippen molar-refractivity contribution in [1.82, 2.24) is 9.78 Å². The standard InChI is InChI=1S/C15H21N3O/c1-10(2)15-11-9-17-18(13(11)7-6-12(15)16)14-5-3-4-8-19-14/h6-7,9-10,14H,3-5,8,16H2,1-2H3. The molecule has 0 bridgehead atoms. The van der Waals surface area contributed by atoms with Crippen LogP contribution < -0.4 is 5.73 Å². The van der Waals surface area contributed by atoms with Crippen LogP contribution in [0.25, 0.3) is 10.9 Å². The molecule has 102 valence electrons. The number of fused-ring (bicyclic) bond motifs is 1. The van der Waals surface area contributed by atoms with Gasteiger partial charge in [-0.2, -0.15) is 5.10 Å². The number of ether oxygens (including phenoxy) is 1. The molecular formula is C15H21N3O. The lowest BCUT2D eigenvalue weighted by atomic mass is 9.97. The zero-order valence-electron chi connectivity index (χ0n) is 11.6. The van der Waals surface area contributed by atoms with Gasteiger partial charge in [-0.15, -0.1) is 0 Å². The first kappa shape index (κ1) is 12.5. The second-order valence-corrected chi connectivity index (χ2v) is 5.57. The van der Waals surface area contributed by atoms with Crippen molar-refractivity contribution >= 4 is 16.6 Å². The summed E-state index contributed by atoms with van der Waals surface area (Å²) in [6.45, 7) is 5.16. The molecule has 3 rings (SSSR count). The predicted octanol–water partition coefficient (Wildman–Crippen LogP) is 3.44. The summed E-state index contributed by atoms with van der Waals surface area (Å²) in [5.41, 5.74) is 9.28. The molecule has 0 saturated carbocycles. The van der Waals surface area contributed by atoms with Gasteiger partial charge in [0.05, 0.1) is 11.7 Å². The van der Waals surface area contributed by atoms with E-state index < -0.39 is 0 Å². The summed E-state index contributed by atoms with van der Waals surface area (Å²) in [5, 5.41) is 5.70. The SMILES string of the molecule is CC(C)c1c(N)ccc2c1cnn2C1CCCCO1. The summed E-state index contributed by atoms with van der Waals surface area (Å²) >= 11 is 0. The molecule has 1 aliphatic rings. The zero-order chi connectivity index (χ0) is 13.4. The lowest BCUT2D eigenvalue weighted by molar-refractivity contribution is -0.0366. The van der Waals surface area contributed by atoms with Crippen LogP contribution in [0.1, 0.15) is 50.8 Å². The van der Waals surface area contributed by atoms with E-state index in [4.69, 9.17) is 10.5 Å². The summed E-state index contributed by atoms with van der Waals surface area (Å²) in [5.74, 6) is 0.397. The first-order chi connectivity index (χ1) is 9.18. The van der Waals surface area contributed by atoms with Crippen LogP contribution >= 0.6 is 0 Å². The van der Waals surface area contributed by atoms with Crippen LogP contribution in [0.3, 0.4) is 0 Å². The van der Waals surface area contributed by atoms with E-state index in [2.05, 4.69) is 25.0 Å². The molecule has 1 unspecified atom stereocenters. The molecule has 0 spiro atoms. The van der Waals surface area contributed by atoms with Crippen molar-refractivity contribution in [3.63, 3.8) is 0 Å². The number of nitrogen functional groups attached to an aromatic ring is 1. The average molecular weight is 259 g/mol. The Morgan fingerprint density at radius 3 is 2.89 bits per heavy atom. The molecule has 0 radical (unpaired) electrons. The second-order valence-electron chi connectivity index (χ2n) is 5.57. The minimum atomic E-state index is 0.0786. The van der Waals surface area contributed by atoms with Gasteiger partial charge in [0, 0.05) is 17.7 Å². The molecule has 2 N–H and O–H groups in total. The molecule has 1 aromatic heterocycles. The minimum Gasteiger partial charge on any atom is -0.398 e. The fraction of sp³-hybridized carbons (Fsp3) is 0.533. The molecule has 1 fully saturated rings. The Labute approximate surface area is 113 Å². The van der Waals surface area contributed by atoms with E-state index in [9.17, 15) is 0 Å². The van der Waals surface area contributed by atoms with Crippen LogP contribution in [0.4, 0.5) is 5.69 Å². The number of rotatable bonds is 2. The van der Waals surface area contributed by atoms with Crippen molar-refractivity contribution in [3.8, 4) is 0 Å². The molecule has 4 nitrogen and oxygen atoms in total. The summed E-state index contributed by atoms with van der Waals surface area (Å²) in [6, 6.07) is 4.04. The zero-order valence-corrected chi connectivity index (χ0v) is 11.6. The van der Waals surface area contributed by atoms with Crippen molar-refractivity contribution < 1.29 is 4.74 Å². The molecule has 0 aliphatic carbocycles. The summed E-state index contributed by atoms with van der Waals surface area (Å²) < 4.78 is 7.84. The lowest BCUT2D eigenvalue weighted by Gasteiger charge is -2.23. The third-order valence-electron chi connectivity index (χ3n) is 3.86. The summed E-state index contributed by atoms with van der Waals surface area (Å²) in [7, 11) is 0. The van der Waals surface area contributed by atoms with Gasteiger partial charge >= 0.3 is 0 Å². The Morgan fingerprint density at radius 1 is 1.37 bits per heavy atom. The van der Waals surface area contributed by atoms with Crippen LogP contribution in [0, 0.1) is 0 Å². The van der Waals surface area contributed by atoms with Gasteiger partial charge in [-0.25, -0.2) is 4.68 Å². The van der Waals surface area contributed by atoms with Gasteiger partial charge in [-0.05, 0) is 42.9 Å². The maximum absolute atomic E-state index is 6.11. The van der Waals surface area contributed by atoms with Crippen LogP contribution in [-0.4, -0.2) is 16.4 Å². The van der Waals surface area contributed by atoms with Gasteiger partial charge in [0.25, 0.3) is 0 Å². The average Bonchev–Trinajstić information content (AvgIpc) is 2.82. The van der Waals surface area contributed by atoms with Crippen LogP contribution in [0.5, 0.6) is 0 Å². The number of nitrogens with two attached hydrogens (primary N) is 1. The van der Waals surface area contributed by atoms with Gasteiger partial charge in [0.15, 0.2) is 6.23 Å². The number of hydrogen-bond acceptors (Lipinski definition) is 3. The first-order valence-electron chi connectivity index (χ1n) is 7.05. The van der Waals surface area contributed by atoms with Gasteiger partial charge < -0.3 is 10.5 Å². The molecule has 1 atom stereocenters. The highest BCUT2D eigenvalue weighted by molar-refractivity contribution is 5.87. The largest absolute Gasteiger partial charge is 0.398 e. The smallest absolute Gasteiger partial charge is 0.150 e. The quantitative estimate of drug-likeness (QED) is 0.840. The monoisotopic (exact) mass is 259 g/mol. The Morgan fingerprint density at radius 2 is 2.21 bits per heavy atom. The molecule has 19 heavy (non-hydrogen) atoms. The minimum absolute atomic E-state index is 0.0786. The van der Waals surface area contributed by atoms with Gasteiger partial charge in [0.2, 0.25) is 0 Å². The van der Waals surface area contributed by atoms with Crippen molar-refractivity contribution in [2.75, 3.05) is 12.3 Å². The Balaban J connectivity index is 2.10. The molecule has 1 aliphatic heterocycles. The van der Waals surface area contributed by atoms with E-state index in [0.717, 1.165) is 36.0 Å². The molecule has 4 heteroatoms. The fourth-order valence-electron chi connectivity index (χ4n) is 2.95. The highest BCUT2D eigenvalue weighted by Gasteiger charge is 2.20. The number of hydrogen-bond donors (Lipinski definition) is 1. The second kappa shape index (κ2) is 4.85. The van der Waals surface area contributed by atoms with Crippen molar-refractivity contribution in [1.29, 1.82) is 0 Å². The molecular weight excluding hydrogens is 238 g/mol. The molecule has 1 aromatic carbocycles. The Kier molecular flexibility index (Phi) is 3.19. The van der Waals surface area contributed by atoms with Crippen LogP contribution in [0.2, 0.25) is 0 Å². The number of benzene rings is 1. The van der Waals surface area contributed by atoms with Crippen molar-refractivity contribution in [2.45, 2.75) is 45.3 Å². The number of anilines is 1. The van der Waals surface area contributed by atoms with E-state index in [0.29, 0.717) is 5.92 Å². The van der Waals surface area contributed by atoms with Gasteiger partial charge in [0.1, 0.15) is 0 Å². The topological polar surface area (TPSA) is 53.1 Å². The first-order valence-corrected chi connectivity index (χ1v) is 7.05. The van der Waals surface area contributed by atoms with E-state index >= 15 is 0 Å². The van der Waals surface area contributed by atoms with E-state index in [1.165, 1.54) is 12.0 Å². The number of aromatic nitrogens is 2.